The third-order valence-corrected chi connectivity index (χ3v) is 2.51. The topological polar surface area (TPSA) is 106 Å². The van der Waals surface area contributed by atoms with Gasteiger partial charge in [-0.3, -0.25) is 9.78 Å². The minimum Gasteiger partial charge on any atom is -0.481 e. The van der Waals surface area contributed by atoms with E-state index in [-0.39, 0.29) is 0 Å². The van der Waals surface area contributed by atoms with Crippen molar-refractivity contribution < 1.29 is 20.1 Å². The minimum atomic E-state index is -1.35. The number of hydrogen-bond acceptors (Lipinski definition) is 4. The van der Waals surface area contributed by atoms with E-state index in [1.165, 1.54) is 6.20 Å². The Kier molecular flexibility index (Phi) is 3.08. The zero-order valence-electron chi connectivity index (χ0n) is 8.87. The van der Waals surface area contributed by atoms with Crippen LogP contribution in [0.2, 0.25) is 0 Å². The number of hydrogen-bond donors (Lipinski definition) is 4. The Morgan fingerprint density at radius 1 is 1.47 bits per heavy atom. The Morgan fingerprint density at radius 3 is 2.94 bits per heavy atom. The summed E-state index contributed by atoms with van der Waals surface area (Å²) in [6, 6.07) is 3.41. The molecule has 0 radical (unpaired) electrons. The van der Waals surface area contributed by atoms with Gasteiger partial charge in [-0.25, -0.2) is 0 Å². The predicted molar refractivity (Wildman–Crippen MR) is 59.3 cm³/mol. The fraction of sp³-hybridized carbons (Fsp3) is 0.273. The first-order valence-electron chi connectivity index (χ1n) is 5.09. The maximum absolute atomic E-state index is 10.4. The van der Waals surface area contributed by atoms with Crippen molar-refractivity contribution in [1.29, 1.82) is 0 Å². The van der Waals surface area contributed by atoms with Crippen LogP contribution in [0.1, 0.15) is 18.1 Å². The van der Waals surface area contributed by atoms with E-state index in [1.54, 1.807) is 18.3 Å². The minimum absolute atomic E-state index is 0.383. The summed E-state index contributed by atoms with van der Waals surface area (Å²) < 4.78 is 0. The molecule has 0 saturated carbocycles. The molecule has 0 aliphatic carbocycles. The highest BCUT2D eigenvalue weighted by atomic mass is 16.4. The monoisotopic (exact) mass is 236 g/mol. The van der Waals surface area contributed by atoms with Gasteiger partial charge in [0.05, 0.1) is 23.6 Å². The molecule has 6 heteroatoms. The van der Waals surface area contributed by atoms with Gasteiger partial charge < -0.3 is 20.3 Å². The van der Waals surface area contributed by atoms with Crippen molar-refractivity contribution in [3.8, 4) is 0 Å². The van der Waals surface area contributed by atoms with Crippen LogP contribution in [0, 0.1) is 0 Å². The molecule has 0 aliphatic rings. The normalized spacial score (nSPS) is 14.7. The fourth-order valence-corrected chi connectivity index (χ4v) is 1.62. The third-order valence-electron chi connectivity index (χ3n) is 2.51. The standard InChI is InChI=1S/C11H12N2O4/c14-9(4-10(15)16)11(17)6-3-8-7(13-5-6)1-2-12-8/h1-3,5,9,11-12,14,17H,4H2,(H,15,16). The lowest BCUT2D eigenvalue weighted by molar-refractivity contribution is -0.141. The lowest BCUT2D eigenvalue weighted by Gasteiger charge is -2.15. The Bertz CT molecular complexity index is 537. The van der Waals surface area contributed by atoms with Crippen molar-refractivity contribution in [3.63, 3.8) is 0 Å². The molecule has 0 spiro atoms. The van der Waals surface area contributed by atoms with E-state index in [4.69, 9.17) is 5.11 Å². The molecule has 90 valence electrons. The number of aromatic nitrogens is 2. The Hall–Kier alpha value is -1.92. The Labute approximate surface area is 96.5 Å². The molecular weight excluding hydrogens is 224 g/mol. The number of carbonyl (C=O) groups is 1. The quantitative estimate of drug-likeness (QED) is 0.616. The molecule has 2 unspecified atom stereocenters. The van der Waals surface area contributed by atoms with E-state index in [2.05, 4.69) is 9.97 Å². The second-order valence-electron chi connectivity index (χ2n) is 3.79. The van der Waals surface area contributed by atoms with Crippen LogP contribution >= 0.6 is 0 Å². The second-order valence-corrected chi connectivity index (χ2v) is 3.79. The summed E-state index contributed by atoms with van der Waals surface area (Å²) in [4.78, 5) is 17.4. The number of nitrogens with one attached hydrogen (secondary N) is 1. The molecule has 2 atom stereocenters. The van der Waals surface area contributed by atoms with E-state index in [0.29, 0.717) is 5.56 Å². The van der Waals surface area contributed by atoms with Gasteiger partial charge in [0.2, 0.25) is 0 Å². The summed E-state index contributed by atoms with van der Waals surface area (Å²) in [5, 5.41) is 27.8. The van der Waals surface area contributed by atoms with Gasteiger partial charge in [-0.2, -0.15) is 0 Å². The van der Waals surface area contributed by atoms with Crippen LogP contribution in [0.3, 0.4) is 0 Å². The molecule has 2 heterocycles. The molecule has 0 amide bonds. The van der Waals surface area contributed by atoms with Gasteiger partial charge in [0.25, 0.3) is 0 Å². The number of aliphatic hydroxyl groups is 2. The number of aromatic amines is 1. The smallest absolute Gasteiger partial charge is 0.306 e. The summed E-state index contributed by atoms with van der Waals surface area (Å²) >= 11 is 0. The highest BCUT2D eigenvalue weighted by Gasteiger charge is 2.21. The van der Waals surface area contributed by atoms with Crippen molar-refractivity contribution in [2.45, 2.75) is 18.6 Å². The Balaban J connectivity index is 2.23. The van der Waals surface area contributed by atoms with Crippen LogP contribution in [-0.2, 0) is 4.79 Å². The average molecular weight is 236 g/mol. The molecule has 0 saturated heterocycles. The molecule has 0 aromatic carbocycles. The van der Waals surface area contributed by atoms with E-state index in [1.807, 2.05) is 0 Å². The lowest BCUT2D eigenvalue weighted by Crippen LogP contribution is -2.21. The summed E-state index contributed by atoms with van der Waals surface area (Å²) in [5.41, 5.74) is 1.85. The largest absolute Gasteiger partial charge is 0.481 e. The molecule has 6 nitrogen and oxygen atoms in total. The van der Waals surface area contributed by atoms with Crippen molar-refractivity contribution >= 4 is 17.0 Å². The first-order chi connectivity index (χ1) is 8.08. The molecular formula is C11H12N2O4. The third kappa shape index (κ3) is 2.43. The maximum atomic E-state index is 10.4. The first-order valence-corrected chi connectivity index (χ1v) is 5.09. The maximum Gasteiger partial charge on any atom is 0.306 e. The molecule has 0 fully saturated rings. The number of fused-ring (bicyclic) bond motifs is 1. The van der Waals surface area contributed by atoms with Gasteiger partial charge in [-0.15, -0.1) is 0 Å². The number of rotatable bonds is 4. The number of H-pyrrole nitrogens is 1. The molecule has 4 N–H and O–H groups in total. The summed E-state index contributed by atoms with van der Waals surface area (Å²) in [7, 11) is 0. The molecule has 2 rings (SSSR count). The van der Waals surface area contributed by atoms with Gasteiger partial charge in [0.1, 0.15) is 6.10 Å². The van der Waals surface area contributed by atoms with Crippen molar-refractivity contribution in [2.75, 3.05) is 0 Å². The first kappa shape index (κ1) is 11.6. The van der Waals surface area contributed by atoms with Crippen LogP contribution < -0.4 is 0 Å². The summed E-state index contributed by atoms with van der Waals surface area (Å²) in [6.45, 7) is 0. The molecule has 2 aromatic rings. The highest BCUT2D eigenvalue weighted by Crippen LogP contribution is 2.21. The van der Waals surface area contributed by atoms with Gasteiger partial charge in [0.15, 0.2) is 0 Å². The highest BCUT2D eigenvalue weighted by molar-refractivity contribution is 5.75. The van der Waals surface area contributed by atoms with E-state index in [0.717, 1.165) is 11.0 Å². The SMILES string of the molecule is O=C(O)CC(O)C(O)c1cnc2cc[nH]c2c1. The molecule has 0 bridgehead atoms. The zero-order chi connectivity index (χ0) is 12.4. The van der Waals surface area contributed by atoms with Gasteiger partial charge in [-0.1, -0.05) is 0 Å². The molecule has 17 heavy (non-hydrogen) atoms. The van der Waals surface area contributed by atoms with Gasteiger partial charge in [0, 0.05) is 18.0 Å². The summed E-state index contributed by atoms with van der Waals surface area (Å²) in [6.07, 6.45) is 0.0187. The van der Waals surface area contributed by atoms with Crippen LogP contribution in [0.15, 0.2) is 24.5 Å². The van der Waals surface area contributed by atoms with Crippen molar-refractivity contribution in [1.82, 2.24) is 9.97 Å². The predicted octanol–water partition coefficient (Wildman–Crippen LogP) is 0.432. The second kappa shape index (κ2) is 4.52. The average Bonchev–Trinajstić information content (AvgIpc) is 2.73. The number of aliphatic carboxylic acids is 1. The number of aliphatic hydroxyl groups excluding tert-OH is 2. The van der Waals surface area contributed by atoms with Crippen LogP contribution in [-0.4, -0.2) is 37.4 Å². The summed E-state index contributed by atoms with van der Waals surface area (Å²) in [5.74, 6) is -1.16. The van der Waals surface area contributed by atoms with E-state index < -0.39 is 24.6 Å². The number of pyridine rings is 1. The van der Waals surface area contributed by atoms with Crippen LogP contribution in [0.5, 0.6) is 0 Å². The number of nitrogens with zero attached hydrogens (tertiary/aromatic N) is 1. The van der Waals surface area contributed by atoms with E-state index >= 15 is 0 Å². The van der Waals surface area contributed by atoms with Crippen LogP contribution in [0.25, 0.3) is 11.0 Å². The lowest BCUT2D eigenvalue weighted by atomic mass is 10.0. The van der Waals surface area contributed by atoms with Gasteiger partial charge >= 0.3 is 5.97 Å². The Morgan fingerprint density at radius 2 is 2.24 bits per heavy atom. The van der Waals surface area contributed by atoms with Gasteiger partial charge in [-0.05, 0) is 12.1 Å². The van der Waals surface area contributed by atoms with Crippen LogP contribution in [0.4, 0.5) is 0 Å². The van der Waals surface area contributed by atoms with Crippen molar-refractivity contribution in [3.05, 3.63) is 30.1 Å². The fourth-order valence-electron chi connectivity index (χ4n) is 1.62. The van der Waals surface area contributed by atoms with Crippen molar-refractivity contribution in [2.24, 2.45) is 0 Å². The number of carboxylic acids is 1. The molecule has 0 aliphatic heterocycles. The zero-order valence-corrected chi connectivity index (χ0v) is 8.87. The molecule has 2 aromatic heterocycles. The van der Waals surface area contributed by atoms with E-state index in [9.17, 15) is 15.0 Å². The number of carboxylic acid groups (broad SMARTS) is 1.